The van der Waals surface area contributed by atoms with Crippen LogP contribution in [-0.4, -0.2) is 53.0 Å². The first kappa shape index (κ1) is 27.8. The second-order valence-corrected chi connectivity index (χ2v) is 11.2. The maximum absolute atomic E-state index is 13.7. The van der Waals surface area contributed by atoms with Crippen LogP contribution >= 0.6 is 11.3 Å². The summed E-state index contributed by atoms with van der Waals surface area (Å²) in [5.41, 5.74) is -3.95. The van der Waals surface area contributed by atoms with Crippen LogP contribution in [0.1, 0.15) is 55.0 Å². The Morgan fingerprint density at radius 2 is 1.82 bits per heavy atom. The van der Waals surface area contributed by atoms with E-state index in [0.717, 1.165) is 24.3 Å². The van der Waals surface area contributed by atoms with Crippen molar-refractivity contribution in [2.75, 3.05) is 18.5 Å². The van der Waals surface area contributed by atoms with Gasteiger partial charge < -0.3 is 15.4 Å². The van der Waals surface area contributed by atoms with Gasteiger partial charge in [0.05, 0.1) is 34.9 Å². The van der Waals surface area contributed by atoms with E-state index in [1.165, 1.54) is 6.92 Å². The third-order valence-electron chi connectivity index (χ3n) is 7.71. The van der Waals surface area contributed by atoms with E-state index in [9.17, 15) is 35.9 Å². The summed E-state index contributed by atoms with van der Waals surface area (Å²) in [5, 5.41) is 7.15. The third-order valence-corrected chi connectivity index (χ3v) is 8.47. The average molecular weight is 577 g/mol. The highest BCUT2D eigenvalue weighted by atomic mass is 32.1. The summed E-state index contributed by atoms with van der Waals surface area (Å²) in [7, 11) is 0. The van der Waals surface area contributed by atoms with Gasteiger partial charge in [0.1, 0.15) is 0 Å². The summed E-state index contributed by atoms with van der Waals surface area (Å²) >= 11 is 1.14. The van der Waals surface area contributed by atoms with Crippen molar-refractivity contribution in [2.45, 2.75) is 75.1 Å². The maximum atomic E-state index is 13.7. The second-order valence-electron chi connectivity index (χ2n) is 10.3. The summed E-state index contributed by atoms with van der Waals surface area (Å²) in [6.45, 7) is 2.15. The molecule has 212 valence electrons. The highest BCUT2D eigenvalue weighted by molar-refractivity contribution is 7.14. The first-order valence-corrected chi connectivity index (χ1v) is 13.3. The predicted octanol–water partition coefficient (Wildman–Crippen LogP) is 4.72. The van der Waals surface area contributed by atoms with Gasteiger partial charge in [-0.15, -0.1) is 11.3 Å². The normalized spacial score (nSPS) is 27.2. The summed E-state index contributed by atoms with van der Waals surface area (Å²) in [6.07, 6.45) is -7.49. The van der Waals surface area contributed by atoms with Crippen LogP contribution in [0.2, 0.25) is 0 Å². The molecular weight excluding hydrogens is 550 g/mol. The minimum atomic E-state index is -4.99. The zero-order valence-electron chi connectivity index (χ0n) is 20.8. The topological polar surface area (TPSA) is 83.6 Å². The van der Waals surface area contributed by atoms with Crippen molar-refractivity contribution in [1.82, 2.24) is 15.2 Å². The van der Waals surface area contributed by atoms with Gasteiger partial charge in [-0.2, -0.15) is 26.3 Å². The number of likely N-dealkylation sites (tertiary alicyclic amines) is 1. The molecule has 2 aliphatic heterocycles. The van der Waals surface area contributed by atoms with Crippen LogP contribution in [0.25, 0.3) is 0 Å². The molecule has 2 amide bonds. The molecule has 1 aromatic heterocycles. The molecular formula is C25H26F6N4O3S. The molecule has 39 heavy (non-hydrogen) atoms. The molecule has 2 saturated heterocycles. The van der Waals surface area contributed by atoms with Gasteiger partial charge in [-0.1, -0.05) is 0 Å². The van der Waals surface area contributed by atoms with Crippen LogP contribution in [0.4, 0.5) is 31.5 Å². The number of anilines is 1. The molecule has 2 aromatic rings. The molecule has 5 rings (SSSR count). The highest BCUT2D eigenvalue weighted by Gasteiger charge is 2.53. The lowest BCUT2D eigenvalue weighted by Crippen LogP contribution is -2.47. The smallest absolute Gasteiger partial charge is 0.375 e. The average Bonchev–Trinajstić information content (AvgIpc) is 3.65. The van der Waals surface area contributed by atoms with Gasteiger partial charge in [0, 0.05) is 37.5 Å². The lowest BCUT2D eigenvalue weighted by atomic mass is 9.81. The molecule has 0 spiro atoms. The van der Waals surface area contributed by atoms with E-state index in [1.54, 1.807) is 5.38 Å². The van der Waals surface area contributed by atoms with Crippen molar-refractivity contribution in [2.24, 2.45) is 0 Å². The van der Waals surface area contributed by atoms with E-state index in [-0.39, 0.29) is 35.7 Å². The van der Waals surface area contributed by atoms with Crippen LogP contribution in [0.3, 0.4) is 0 Å². The summed E-state index contributed by atoms with van der Waals surface area (Å²) in [6, 6.07) is 1.55. The standard InChI is InChI=1S/C25H26F6N4O3S/c1-13(36)33-22-34-20(12-39-22)23(3-2-17(8-23)35-10-19-7-18(35)11-38-19)21(37)32-9-14-4-15(24(26,27)28)6-16(5-14)25(29,30)31/h4-6,12,17-19H,2-3,7-11H2,1H3,(H,32,37)(H,33,34,36). The molecule has 1 saturated carbocycles. The number of nitrogens with one attached hydrogen (secondary N) is 2. The molecule has 0 radical (unpaired) electrons. The van der Waals surface area contributed by atoms with E-state index in [4.69, 9.17) is 4.74 Å². The van der Waals surface area contributed by atoms with Crippen LogP contribution in [0.15, 0.2) is 23.6 Å². The Labute approximate surface area is 223 Å². The zero-order chi connectivity index (χ0) is 28.2. The van der Waals surface area contributed by atoms with E-state index in [1.807, 2.05) is 0 Å². The van der Waals surface area contributed by atoms with Crippen LogP contribution < -0.4 is 10.6 Å². The van der Waals surface area contributed by atoms with Gasteiger partial charge in [0.15, 0.2) is 5.13 Å². The van der Waals surface area contributed by atoms with Crippen molar-refractivity contribution < 1.29 is 40.7 Å². The largest absolute Gasteiger partial charge is 0.416 e. The quantitative estimate of drug-likeness (QED) is 0.487. The van der Waals surface area contributed by atoms with Crippen molar-refractivity contribution in [3.63, 3.8) is 0 Å². The Bertz CT molecular complexity index is 1230. The number of nitrogens with zero attached hydrogens (tertiary/aromatic N) is 2. The molecule has 2 N–H and O–H groups in total. The van der Waals surface area contributed by atoms with Gasteiger partial charge >= 0.3 is 12.4 Å². The first-order valence-electron chi connectivity index (χ1n) is 12.4. The predicted molar refractivity (Wildman–Crippen MR) is 129 cm³/mol. The molecule has 4 unspecified atom stereocenters. The second kappa shape index (κ2) is 10.0. The number of benzene rings is 1. The Morgan fingerprint density at radius 3 is 2.38 bits per heavy atom. The van der Waals surface area contributed by atoms with Crippen LogP contribution in [0, 0.1) is 0 Å². The molecule has 7 nitrogen and oxygen atoms in total. The number of amides is 2. The lowest BCUT2D eigenvalue weighted by molar-refractivity contribution is -0.143. The van der Waals surface area contributed by atoms with E-state index in [2.05, 4.69) is 20.5 Å². The molecule has 3 heterocycles. The number of fused-ring (bicyclic) bond motifs is 2. The fraction of sp³-hybridized carbons (Fsp3) is 0.560. The number of thiazole rings is 1. The lowest BCUT2D eigenvalue weighted by Gasteiger charge is -2.34. The number of alkyl halides is 6. The Hall–Kier alpha value is -2.71. The summed E-state index contributed by atoms with van der Waals surface area (Å²) < 4.78 is 85.5. The number of halogens is 6. The number of ether oxygens (including phenoxy) is 1. The third kappa shape index (κ3) is 5.64. The van der Waals surface area contributed by atoms with Gasteiger partial charge in [-0.25, -0.2) is 4.98 Å². The van der Waals surface area contributed by atoms with E-state index >= 15 is 0 Å². The number of hydrogen-bond acceptors (Lipinski definition) is 6. The fourth-order valence-electron chi connectivity index (χ4n) is 5.91. The van der Waals surface area contributed by atoms with Gasteiger partial charge in [-0.05, 0) is 49.4 Å². The maximum Gasteiger partial charge on any atom is 0.416 e. The van der Waals surface area contributed by atoms with E-state index in [0.29, 0.717) is 48.8 Å². The van der Waals surface area contributed by atoms with Crippen LogP contribution in [-0.2, 0) is 38.6 Å². The summed E-state index contributed by atoms with van der Waals surface area (Å²) in [5.74, 6) is -0.868. The monoisotopic (exact) mass is 576 g/mol. The number of aromatic nitrogens is 1. The molecule has 14 heteroatoms. The number of hydrogen-bond donors (Lipinski definition) is 2. The van der Waals surface area contributed by atoms with Crippen molar-refractivity contribution >= 4 is 28.3 Å². The number of rotatable bonds is 6. The van der Waals surface area contributed by atoms with E-state index < -0.39 is 41.3 Å². The van der Waals surface area contributed by atoms with Crippen molar-refractivity contribution in [3.8, 4) is 0 Å². The van der Waals surface area contributed by atoms with Gasteiger partial charge in [0.25, 0.3) is 0 Å². The molecule has 3 fully saturated rings. The SMILES string of the molecule is CC(=O)Nc1nc(C2(C(=O)NCc3cc(C(F)(F)F)cc(C(F)(F)F)c3)CCC(N3CC4CC3CO4)C2)cs1. The first-order chi connectivity index (χ1) is 18.2. The minimum absolute atomic E-state index is 0.0333. The fourth-order valence-corrected chi connectivity index (χ4v) is 6.76. The zero-order valence-corrected chi connectivity index (χ0v) is 21.6. The molecule has 1 aromatic carbocycles. The highest BCUT2D eigenvalue weighted by Crippen LogP contribution is 2.46. The Morgan fingerprint density at radius 1 is 1.13 bits per heavy atom. The molecule has 4 atom stereocenters. The molecule has 3 aliphatic rings. The van der Waals surface area contributed by atoms with Crippen molar-refractivity contribution in [1.29, 1.82) is 0 Å². The Balaban J connectivity index is 1.41. The number of carbonyl (C=O) groups excluding carboxylic acids is 2. The van der Waals surface area contributed by atoms with Crippen LogP contribution in [0.5, 0.6) is 0 Å². The van der Waals surface area contributed by atoms with Gasteiger partial charge in [0.2, 0.25) is 11.8 Å². The number of morpholine rings is 1. The molecule has 2 bridgehead atoms. The number of carbonyl (C=O) groups is 2. The minimum Gasteiger partial charge on any atom is -0.375 e. The molecule has 1 aliphatic carbocycles. The van der Waals surface area contributed by atoms with Gasteiger partial charge in [-0.3, -0.25) is 14.5 Å². The summed E-state index contributed by atoms with van der Waals surface area (Å²) in [4.78, 5) is 32.0. The Kier molecular flexibility index (Phi) is 7.17. The van der Waals surface area contributed by atoms with Crippen molar-refractivity contribution in [3.05, 3.63) is 46.0 Å².